The van der Waals surface area contributed by atoms with E-state index in [0.717, 1.165) is 0 Å². The van der Waals surface area contributed by atoms with Crippen LogP contribution in [0.5, 0.6) is 0 Å². The second-order valence-electron chi connectivity index (χ2n) is 3.08. The average molecular weight is 250 g/mol. The van der Waals surface area contributed by atoms with Crippen molar-refractivity contribution in [3.8, 4) is 5.82 Å². The van der Waals surface area contributed by atoms with Gasteiger partial charge in [-0.25, -0.2) is 19.4 Å². The van der Waals surface area contributed by atoms with Gasteiger partial charge in [-0.3, -0.25) is 0 Å². The van der Waals surface area contributed by atoms with Crippen LogP contribution >= 0.6 is 12.6 Å². The lowest BCUT2D eigenvalue weighted by molar-refractivity contribution is 0.0522. The second kappa shape index (κ2) is 4.96. The van der Waals surface area contributed by atoms with Crippen LogP contribution in [0.15, 0.2) is 29.8 Å². The molecule has 0 aromatic carbocycles. The SMILES string of the molecule is CCOC(=O)c1cnn(-c2ccncn2)c1S. The van der Waals surface area contributed by atoms with Crippen LogP contribution in [0.4, 0.5) is 0 Å². The van der Waals surface area contributed by atoms with Crippen molar-refractivity contribution in [1.82, 2.24) is 19.7 Å². The minimum atomic E-state index is -0.446. The number of thiol groups is 1. The first-order valence-electron chi connectivity index (χ1n) is 4.94. The zero-order valence-electron chi connectivity index (χ0n) is 9.07. The molecule has 2 aromatic heterocycles. The van der Waals surface area contributed by atoms with Gasteiger partial charge in [-0.05, 0) is 6.92 Å². The van der Waals surface area contributed by atoms with Crippen molar-refractivity contribution in [2.75, 3.05) is 6.61 Å². The number of carbonyl (C=O) groups excluding carboxylic acids is 1. The predicted octanol–water partition coefficient (Wildman–Crippen LogP) is 1.13. The lowest BCUT2D eigenvalue weighted by Gasteiger charge is -2.02. The Kier molecular flexibility index (Phi) is 3.38. The van der Waals surface area contributed by atoms with Gasteiger partial charge in [-0.15, -0.1) is 12.6 Å². The average Bonchev–Trinajstić information content (AvgIpc) is 2.72. The molecule has 7 heteroatoms. The van der Waals surface area contributed by atoms with Gasteiger partial charge in [0.2, 0.25) is 0 Å². The molecule has 0 spiro atoms. The Hall–Kier alpha value is -1.89. The molecule has 88 valence electrons. The molecule has 0 aliphatic carbocycles. The van der Waals surface area contributed by atoms with E-state index in [0.29, 0.717) is 23.0 Å². The maximum absolute atomic E-state index is 11.6. The van der Waals surface area contributed by atoms with E-state index in [-0.39, 0.29) is 0 Å². The van der Waals surface area contributed by atoms with Crippen molar-refractivity contribution >= 4 is 18.6 Å². The van der Waals surface area contributed by atoms with Gasteiger partial charge >= 0.3 is 5.97 Å². The molecule has 0 unspecified atom stereocenters. The Bertz CT molecular complexity index is 526. The number of aromatic nitrogens is 4. The van der Waals surface area contributed by atoms with Gasteiger partial charge in [-0.2, -0.15) is 5.10 Å². The summed E-state index contributed by atoms with van der Waals surface area (Å²) in [7, 11) is 0. The molecule has 2 rings (SSSR count). The van der Waals surface area contributed by atoms with Gasteiger partial charge in [0.25, 0.3) is 0 Å². The molecule has 0 N–H and O–H groups in total. The highest BCUT2D eigenvalue weighted by Crippen LogP contribution is 2.17. The predicted molar refractivity (Wildman–Crippen MR) is 62.4 cm³/mol. The highest BCUT2D eigenvalue weighted by atomic mass is 32.1. The van der Waals surface area contributed by atoms with Crippen LogP contribution in [-0.2, 0) is 4.74 Å². The van der Waals surface area contributed by atoms with Crippen molar-refractivity contribution in [2.45, 2.75) is 11.9 Å². The Balaban J connectivity index is 2.37. The van der Waals surface area contributed by atoms with Gasteiger partial charge < -0.3 is 4.74 Å². The zero-order valence-corrected chi connectivity index (χ0v) is 9.96. The van der Waals surface area contributed by atoms with Crippen molar-refractivity contribution < 1.29 is 9.53 Å². The van der Waals surface area contributed by atoms with E-state index < -0.39 is 5.97 Å². The third-order valence-electron chi connectivity index (χ3n) is 2.02. The molecule has 0 radical (unpaired) electrons. The van der Waals surface area contributed by atoms with E-state index >= 15 is 0 Å². The third-order valence-corrected chi connectivity index (χ3v) is 2.45. The largest absolute Gasteiger partial charge is 0.462 e. The molecule has 0 bridgehead atoms. The topological polar surface area (TPSA) is 69.9 Å². The molecule has 17 heavy (non-hydrogen) atoms. The molecule has 0 aliphatic heterocycles. The molecule has 2 aromatic rings. The van der Waals surface area contributed by atoms with Crippen molar-refractivity contribution in [1.29, 1.82) is 0 Å². The number of carbonyl (C=O) groups is 1. The molecule has 0 aliphatic rings. The maximum atomic E-state index is 11.6. The minimum absolute atomic E-state index is 0.310. The summed E-state index contributed by atoms with van der Waals surface area (Å²) in [5.41, 5.74) is 0.314. The molecule has 2 heterocycles. The fourth-order valence-electron chi connectivity index (χ4n) is 1.27. The highest BCUT2D eigenvalue weighted by Gasteiger charge is 2.17. The maximum Gasteiger partial charge on any atom is 0.342 e. The molecule has 0 amide bonds. The Morgan fingerprint density at radius 1 is 1.59 bits per heavy atom. The van der Waals surface area contributed by atoms with E-state index in [1.54, 1.807) is 19.2 Å². The third kappa shape index (κ3) is 2.28. The number of hydrogen-bond acceptors (Lipinski definition) is 6. The van der Waals surface area contributed by atoms with Crippen LogP contribution in [0.3, 0.4) is 0 Å². The summed E-state index contributed by atoms with van der Waals surface area (Å²) in [6, 6.07) is 1.67. The monoisotopic (exact) mass is 250 g/mol. The quantitative estimate of drug-likeness (QED) is 0.653. The minimum Gasteiger partial charge on any atom is -0.462 e. The summed E-state index contributed by atoms with van der Waals surface area (Å²) < 4.78 is 6.33. The first kappa shape index (κ1) is 11.6. The Morgan fingerprint density at radius 2 is 2.41 bits per heavy atom. The smallest absolute Gasteiger partial charge is 0.342 e. The van der Waals surface area contributed by atoms with Gasteiger partial charge in [-0.1, -0.05) is 0 Å². The summed E-state index contributed by atoms with van der Waals surface area (Å²) in [6.07, 6.45) is 4.39. The number of nitrogens with zero attached hydrogens (tertiary/aromatic N) is 4. The first-order chi connectivity index (χ1) is 8.24. The van der Waals surface area contributed by atoms with E-state index in [9.17, 15) is 4.79 Å². The molecular weight excluding hydrogens is 240 g/mol. The summed E-state index contributed by atoms with van der Waals surface area (Å²) >= 11 is 4.25. The molecular formula is C10H10N4O2S. The molecule has 0 saturated carbocycles. The highest BCUT2D eigenvalue weighted by molar-refractivity contribution is 7.80. The fraction of sp³-hybridized carbons (Fsp3) is 0.200. The fourth-order valence-corrected chi connectivity index (χ4v) is 1.57. The normalized spacial score (nSPS) is 10.2. The number of hydrogen-bond donors (Lipinski definition) is 1. The second-order valence-corrected chi connectivity index (χ2v) is 3.51. The van der Waals surface area contributed by atoms with E-state index in [2.05, 4.69) is 27.7 Å². The van der Waals surface area contributed by atoms with Gasteiger partial charge in [0.15, 0.2) is 5.82 Å². The zero-order chi connectivity index (χ0) is 12.3. The number of ether oxygens (including phenoxy) is 1. The van der Waals surface area contributed by atoms with E-state index in [1.165, 1.54) is 17.2 Å². The number of esters is 1. The summed E-state index contributed by atoms with van der Waals surface area (Å²) in [5.74, 6) is 0.0957. The van der Waals surface area contributed by atoms with E-state index in [4.69, 9.17) is 4.74 Å². The molecule has 0 saturated heterocycles. The first-order valence-corrected chi connectivity index (χ1v) is 5.39. The van der Waals surface area contributed by atoms with Crippen molar-refractivity contribution in [3.05, 3.63) is 30.4 Å². The van der Waals surface area contributed by atoms with Crippen LogP contribution in [0.1, 0.15) is 17.3 Å². The van der Waals surface area contributed by atoms with Crippen LogP contribution in [0, 0.1) is 0 Å². The van der Waals surface area contributed by atoms with Crippen LogP contribution in [0.25, 0.3) is 5.82 Å². The number of rotatable bonds is 3. The van der Waals surface area contributed by atoms with Gasteiger partial charge in [0, 0.05) is 12.3 Å². The molecule has 0 atom stereocenters. The van der Waals surface area contributed by atoms with Crippen LogP contribution in [0.2, 0.25) is 0 Å². The van der Waals surface area contributed by atoms with Crippen molar-refractivity contribution in [2.24, 2.45) is 0 Å². The Labute approximate surface area is 103 Å². The van der Waals surface area contributed by atoms with Crippen LogP contribution < -0.4 is 0 Å². The van der Waals surface area contributed by atoms with Gasteiger partial charge in [0.05, 0.1) is 12.8 Å². The van der Waals surface area contributed by atoms with Crippen LogP contribution in [-0.4, -0.2) is 32.3 Å². The van der Waals surface area contributed by atoms with Crippen molar-refractivity contribution in [3.63, 3.8) is 0 Å². The lowest BCUT2D eigenvalue weighted by atomic mass is 10.4. The summed E-state index contributed by atoms with van der Waals surface area (Å²) in [4.78, 5) is 19.4. The van der Waals surface area contributed by atoms with E-state index in [1.807, 2.05) is 0 Å². The molecule has 0 fully saturated rings. The molecule has 6 nitrogen and oxygen atoms in total. The Morgan fingerprint density at radius 3 is 3.06 bits per heavy atom. The van der Waals surface area contributed by atoms with Gasteiger partial charge in [0.1, 0.15) is 16.9 Å². The summed E-state index contributed by atoms with van der Waals surface area (Å²) in [5, 5.41) is 4.43. The standard InChI is InChI=1S/C10H10N4O2S/c1-2-16-10(15)7-5-13-14(9(7)17)8-3-4-11-6-12-8/h3-6,17H,2H2,1H3. The lowest BCUT2D eigenvalue weighted by Crippen LogP contribution is -2.06. The summed E-state index contributed by atoms with van der Waals surface area (Å²) in [6.45, 7) is 2.05.